The van der Waals surface area contributed by atoms with E-state index < -0.39 is 0 Å². The van der Waals surface area contributed by atoms with Crippen molar-refractivity contribution in [1.29, 1.82) is 0 Å². The number of hydrogen-bond acceptors (Lipinski definition) is 4. The van der Waals surface area contributed by atoms with Crippen LogP contribution in [0.4, 0.5) is 0 Å². The van der Waals surface area contributed by atoms with Crippen LogP contribution in [0.3, 0.4) is 0 Å². The Kier molecular flexibility index (Phi) is 10.6. The van der Waals surface area contributed by atoms with Gasteiger partial charge in [0.05, 0.1) is 55.5 Å². The van der Waals surface area contributed by atoms with Crippen LogP contribution in [0, 0.1) is 32.3 Å². The molecule has 0 spiro atoms. The minimum absolute atomic E-state index is 0. The number of furan rings is 1. The van der Waals surface area contributed by atoms with Crippen molar-refractivity contribution in [2.75, 3.05) is 0 Å². The molecule has 0 saturated heterocycles. The van der Waals surface area contributed by atoms with Crippen molar-refractivity contribution >= 4 is 110 Å². The number of fused-ring (bicyclic) bond motifs is 17. The summed E-state index contributed by atoms with van der Waals surface area (Å²) in [6, 6.07) is 72.7. The predicted octanol–water partition coefficient (Wildman–Crippen LogP) is 15.3. The number of aromatic nitrogens is 10. The summed E-state index contributed by atoms with van der Waals surface area (Å²) in [6.45, 7) is 10.9. The number of pyridine rings is 1. The van der Waals surface area contributed by atoms with Crippen LogP contribution in [-0.2, 0) is 26.5 Å². The largest absolute Gasteiger partial charge is 0.516 e. The molecule has 0 aliphatic carbocycles. The van der Waals surface area contributed by atoms with E-state index in [1.807, 2.05) is 30.5 Å². The molecule has 8 heterocycles. The van der Waals surface area contributed by atoms with Crippen molar-refractivity contribution in [2.45, 2.75) is 40.0 Å². The Morgan fingerprint density at radius 3 is 1.98 bits per heavy atom. The van der Waals surface area contributed by atoms with Gasteiger partial charge in [0.15, 0.2) is 5.78 Å². The zero-order valence-corrected chi connectivity index (χ0v) is 46.5. The van der Waals surface area contributed by atoms with Gasteiger partial charge in [0.2, 0.25) is 5.78 Å². The normalized spacial score (nSPS) is 12.2. The summed E-state index contributed by atoms with van der Waals surface area (Å²) in [7, 11) is 0. The van der Waals surface area contributed by atoms with Crippen LogP contribution in [0.2, 0.25) is 0 Å². The van der Waals surface area contributed by atoms with Gasteiger partial charge in [-0.15, -0.1) is 24.3 Å². The Labute approximate surface area is 472 Å². The molecule has 9 aromatic carbocycles. The fourth-order valence-electron chi connectivity index (χ4n) is 12.0. The summed E-state index contributed by atoms with van der Waals surface area (Å²) < 4.78 is 19.3. The molecule has 0 amide bonds. The van der Waals surface area contributed by atoms with Crippen molar-refractivity contribution in [3.8, 4) is 22.9 Å². The average Bonchev–Trinajstić information content (AvgIpc) is 4.54. The minimum atomic E-state index is -0.00539. The standard InChI is InChI=1S/C37H22N3O.C31H26N7.Pt/c1-4-14-30-26(11-1)27-12-2-5-15-31(27)40(30)35-19-9-8-18-34(35)39-24-38(32-16-6-7-17-33(32)39)25-21-22-37-29(23-25)28-13-3-10-20-36(28)41-37;1-17-8-6-10-21-27(17)34-29-33-20-15-24-25(16-23(20)36(21)29)37-22-11-7-9-18(2)28(22)35-30(37)38(24)26-14-19(12-13-32-26)31(3,4)5;/h1-20,22-23H;6-14,16H,1-5H3,(H,33,34);/q2*-1;. The molecule has 0 aliphatic heterocycles. The molecule has 11 nitrogen and oxygen atoms in total. The Bertz CT molecular complexity index is 5310. The van der Waals surface area contributed by atoms with Gasteiger partial charge in [-0.1, -0.05) is 141 Å². The molecule has 80 heavy (non-hydrogen) atoms. The van der Waals surface area contributed by atoms with Gasteiger partial charge in [-0.25, -0.2) is 15.0 Å². The number of aromatic amines is 1. The van der Waals surface area contributed by atoms with Crippen molar-refractivity contribution in [1.82, 2.24) is 42.4 Å². The molecular formula is C68H48N10OPt-2. The van der Waals surface area contributed by atoms with E-state index in [2.05, 4.69) is 249 Å². The van der Waals surface area contributed by atoms with E-state index in [4.69, 9.17) is 19.4 Å². The summed E-state index contributed by atoms with van der Waals surface area (Å²) in [5.41, 5.74) is 20.8. The molecular weight excluding hydrogens is 1170 g/mol. The molecule has 388 valence electrons. The molecule has 17 rings (SSSR count). The third-order valence-electron chi connectivity index (χ3n) is 15.8. The second-order valence-electron chi connectivity index (χ2n) is 21.6. The van der Waals surface area contributed by atoms with Gasteiger partial charge in [-0.3, -0.25) is 9.13 Å². The Balaban J connectivity index is 0.000000137. The fourth-order valence-corrected chi connectivity index (χ4v) is 12.0. The maximum absolute atomic E-state index is 6.07. The molecule has 0 radical (unpaired) electrons. The number of para-hydroxylation sites is 9. The molecule has 0 fully saturated rings. The summed E-state index contributed by atoms with van der Waals surface area (Å²) in [5.74, 6) is 2.47. The number of aryl methyl sites for hydroxylation is 2. The number of hydrogen-bond donors (Lipinski definition) is 1. The summed E-state index contributed by atoms with van der Waals surface area (Å²) in [6.07, 6.45) is 5.57. The topological polar surface area (TPSA) is 95.1 Å². The average molecular weight is 1220 g/mol. The van der Waals surface area contributed by atoms with Gasteiger partial charge in [-0.05, 0) is 118 Å². The third kappa shape index (κ3) is 7.03. The van der Waals surface area contributed by atoms with Crippen LogP contribution in [0.5, 0.6) is 0 Å². The van der Waals surface area contributed by atoms with E-state index in [9.17, 15) is 0 Å². The quantitative estimate of drug-likeness (QED) is 0.140. The van der Waals surface area contributed by atoms with Gasteiger partial charge >= 0.3 is 0 Å². The monoisotopic (exact) mass is 1220 g/mol. The van der Waals surface area contributed by atoms with E-state index in [0.29, 0.717) is 0 Å². The molecule has 0 unspecified atom stereocenters. The number of H-pyrrole nitrogens is 1. The van der Waals surface area contributed by atoms with Gasteiger partial charge < -0.3 is 27.3 Å². The molecule has 1 N–H and O–H groups in total. The first-order valence-corrected chi connectivity index (χ1v) is 26.6. The van der Waals surface area contributed by atoms with Crippen molar-refractivity contribution in [2.24, 2.45) is 0 Å². The number of nitrogens with one attached hydrogen (secondary N) is 1. The second kappa shape index (κ2) is 17.7. The van der Waals surface area contributed by atoms with Crippen LogP contribution in [0.15, 0.2) is 199 Å². The molecule has 0 bridgehead atoms. The first-order valence-electron chi connectivity index (χ1n) is 26.6. The van der Waals surface area contributed by atoms with E-state index in [1.165, 1.54) is 27.4 Å². The third-order valence-corrected chi connectivity index (χ3v) is 15.8. The molecule has 17 aromatic rings. The summed E-state index contributed by atoms with van der Waals surface area (Å²) in [4.78, 5) is 18.4. The van der Waals surface area contributed by atoms with E-state index in [0.717, 1.165) is 123 Å². The minimum Gasteiger partial charge on any atom is -0.516 e. The van der Waals surface area contributed by atoms with Gasteiger partial charge in [-0.2, -0.15) is 6.07 Å². The molecule has 8 aromatic heterocycles. The molecule has 0 saturated carbocycles. The zero-order valence-electron chi connectivity index (χ0n) is 44.2. The van der Waals surface area contributed by atoms with Crippen LogP contribution in [0.25, 0.3) is 133 Å². The number of rotatable bonds is 4. The first kappa shape index (κ1) is 47.6. The zero-order chi connectivity index (χ0) is 52.8. The van der Waals surface area contributed by atoms with Crippen LogP contribution >= 0.6 is 0 Å². The predicted molar refractivity (Wildman–Crippen MR) is 317 cm³/mol. The fraction of sp³-hybridized carbons (Fsp3) is 0.0882. The number of benzene rings is 9. The van der Waals surface area contributed by atoms with Crippen LogP contribution in [0.1, 0.15) is 37.5 Å². The smallest absolute Gasteiger partial charge is 0.268 e. The van der Waals surface area contributed by atoms with E-state index in [1.54, 1.807) is 0 Å². The van der Waals surface area contributed by atoms with Gasteiger partial charge in [0.1, 0.15) is 11.4 Å². The van der Waals surface area contributed by atoms with Crippen LogP contribution in [-0.4, -0.2) is 42.4 Å². The van der Waals surface area contributed by atoms with Crippen molar-refractivity contribution < 1.29 is 30.0 Å². The Hall–Kier alpha value is -9.57. The molecule has 0 aliphatic rings. The maximum Gasteiger partial charge on any atom is 0.268 e. The summed E-state index contributed by atoms with van der Waals surface area (Å²) in [5, 5.41) is 4.64. The van der Waals surface area contributed by atoms with Gasteiger partial charge in [0.25, 0.3) is 6.33 Å². The second-order valence-corrected chi connectivity index (χ2v) is 21.6. The molecule has 12 heteroatoms. The maximum atomic E-state index is 6.07. The van der Waals surface area contributed by atoms with E-state index in [-0.39, 0.29) is 26.5 Å². The number of nitrogens with zero attached hydrogens (tertiary/aromatic N) is 9. The number of imidazole rings is 5. The van der Waals surface area contributed by atoms with Crippen molar-refractivity contribution in [3.63, 3.8) is 0 Å². The van der Waals surface area contributed by atoms with Gasteiger partial charge in [0, 0.05) is 49.0 Å². The molecule has 0 atom stereocenters. The van der Waals surface area contributed by atoms with E-state index >= 15 is 0 Å². The first-order chi connectivity index (χ1) is 38.6. The SMILES string of the molecule is Cc1cccc2c1nc1[nH]c3[c-]c4c(cc3n12)n1c2cccc(C)c2nc1n4-c1cc(C(C)(C)C)ccn1.[Pt].[c-]1cc2oc3ccccc3c2cc1-n1[c-][n+](-c2ccccc2-n2c3ccccc3c3ccccc32)c2ccccc21. The van der Waals surface area contributed by atoms with Crippen molar-refractivity contribution in [3.05, 3.63) is 229 Å². The summed E-state index contributed by atoms with van der Waals surface area (Å²) >= 11 is 0. The Morgan fingerprint density at radius 1 is 0.562 bits per heavy atom. The van der Waals surface area contributed by atoms with Crippen LogP contribution < -0.4 is 4.57 Å². The Morgan fingerprint density at radius 2 is 1.21 bits per heavy atom.